The molecular formula is C15H18N2O5S. The van der Waals surface area contributed by atoms with E-state index in [0.717, 1.165) is 5.56 Å². The van der Waals surface area contributed by atoms with Gasteiger partial charge in [-0.15, -0.1) is 0 Å². The van der Waals surface area contributed by atoms with Gasteiger partial charge in [0.1, 0.15) is 0 Å². The number of benzene rings is 1. The lowest BCUT2D eigenvalue weighted by atomic mass is 10.1. The summed E-state index contributed by atoms with van der Waals surface area (Å²) in [7, 11) is 0.231. The van der Waals surface area contributed by atoms with Gasteiger partial charge in [-0.05, 0) is 30.5 Å². The molecule has 1 aromatic carbocycles. The van der Waals surface area contributed by atoms with Crippen molar-refractivity contribution in [2.45, 2.75) is 12.8 Å². The third-order valence-corrected chi connectivity index (χ3v) is 5.74. The van der Waals surface area contributed by atoms with Gasteiger partial charge in [0, 0.05) is 12.0 Å². The molecule has 2 aromatic rings. The second kappa shape index (κ2) is 6.19. The molecule has 2 heterocycles. The van der Waals surface area contributed by atoms with Crippen LogP contribution in [0.3, 0.4) is 0 Å². The molecule has 0 bridgehead atoms. The van der Waals surface area contributed by atoms with Gasteiger partial charge in [0.15, 0.2) is 21.3 Å². The van der Waals surface area contributed by atoms with E-state index in [-0.39, 0.29) is 17.4 Å². The molecule has 0 unspecified atom stereocenters. The van der Waals surface area contributed by atoms with Crippen molar-refractivity contribution < 1.29 is 22.4 Å². The molecule has 1 aromatic heterocycles. The standard InChI is InChI=1S/C15H18N2O5S/c1-20-12-4-3-11(8-13(12)21-2)15-16-14(22-17-15)7-10-5-6-23(18,19)9-10/h3-4,8,10H,5-7,9H2,1-2H3/t10-/m0/s1. The number of nitrogens with zero attached hydrogens (tertiary/aromatic N) is 2. The van der Waals surface area contributed by atoms with Crippen molar-refractivity contribution in [3.05, 3.63) is 24.1 Å². The molecule has 0 aliphatic carbocycles. The van der Waals surface area contributed by atoms with Crippen molar-refractivity contribution in [3.8, 4) is 22.9 Å². The number of ether oxygens (including phenoxy) is 2. The van der Waals surface area contributed by atoms with Crippen LogP contribution in [-0.2, 0) is 16.3 Å². The molecule has 1 atom stereocenters. The molecule has 0 radical (unpaired) electrons. The SMILES string of the molecule is COc1ccc(-c2noc(C[C@@H]3CCS(=O)(=O)C3)n2)cc1OC. The smallest absolute Gasteiger partial charge is 0.227 e. The first kappa shape index (κ1) is 15.8. The Morgan fingerprint density at radius 2 is 2.04 bits per heavy atom. The minimum Gasteiger partial charge on any atom is -0.493 e. The third kappa shape index (κ3) is 3.47. The van der Waals surface area contributed by atoms with Gasteiger partial charge >= 0.3 is 0 Å². The summed E-state index contributed by atoms with van der Waals surface area (Å²) < 4.78 is 38.7. The van der Waals surface area contributed by atoms with Gasteiger partial charge in [0.25, 0.3) is 0 Å². The van der Waals surface area contributed by atoms with E-state index in [2.05, 4.69) is 10.1 Å². The molecule has 0 saturated carbocycles. The topological polar surface area (TPSA) is 91.5 Å². The van der Waals surface area contributed by atoms with Crippen LogP contribution in [0.25, 0.3) is 11.4 Å². The van der Waals surface area contributed by atoms with Crippen LogP contribution >= 0.6 is 0 Å². The van der Waals surface area contributed by atoms with Crippen molar-refractivity contribution >= 4 is 9.84 Å². The summed E-state index contributed by atoms with van der Waals surface area (Å²) in [4.78, 5) is 4.35. The van der Waals surface area contributed by atoms with Gasteiger partial charge in [0.05, 0.1) is 25.7 Å². The number of sulfone groups is 1. The highest BCUT2D eigenvalue weighted by molar-refractivity contribution is 7.91. The lowest BCUT2D eigenvalue weighted by Gasteiger charge is -2.07. The molecule has 1 fully saturated rings. The quantitative estimate of drug-likeness (QED) is 0.820. The molecule has 0 spiro atoms. The second-order valence-corrected chi connectivity index (χ2v) is 7.78. The second-order valence-electron chi connectivity index (χ2n) is 5.55. The molecule has 1 aliphatic rings. The predicted octanol–water partition coefficient (Wildman–Crippen LogP) is 1.73. The average molecular weight is 338 g/mol. The monoisotopic (exact) mass is 338 g/mol. The molecule has 3 rings (SSSR count). The van der Waals surface area contributed by atoms with Gasteiger partial charge in [-0.3, -0.25) is 0 Å². The lowest BCUT2D eigenvalue weighted by molar-refractivity contribution is 0.354. The van der Waals surface area contributed by atoms with E-state index in [9.17, 15) is 8.42 Å². The Hall–Kier alpha value is -2.09. The van der Waals surface area contributed by atoms with Gasteiger partial charge < -0.3 is 14.0 Å². The number of hydrogen-bond acceptors (Lipinski definition) is 7. The fraction of sp³-hybridized carbons (Fsp3) is 0.467. The van der Waals surface area contributed by atoms with Crippen LogP contribution in [-0.4, -0.2) is 44.3 Å². The average Bonchev–Trinajstić information content (AvgIpc) is 3.13. The minimum absolute atomic E-state index is 0.0544. The summed E-state index contributed by atoms with van der Waals surface area (Å²) in [5.74, 6) is 2.60. The van der Waals surface area contributed by atoms with Crippen LogP contribution in [0.1, 0.15) is 12.3 Å². The van der Waals surface area contributed by atoms with Gasteiger partial charge in [-0.2, -0.15) is 4.98 Å². The number of methoxy groups -OCH3 is 2. The van der Waals surface area contributed by atoms with Crippen LogP contribution in [0.5, 0.6) is 11.5 Å². The molecule has 1 saturated heterocycles. The molecule has 0 amide bonds. The molecule has 1 aliphatic heterocycles. The largest absolute Gasteiger partial charge is 0.493 e. The van der Waals surface area contributed by atoms with Gasteiger partial charge in [-0.1, -0.05) is 5.16 Å². The zero-order valence-electron chi connectivity index (χ0n) is 13.0. The first-order chi connectivity index (χ1) is 11.0. The number of rotatable bonds is 5. The highest BCUT2D eigenvalue weighted by Gasteiger charge is 2.29. The summed E-state index contributed by atoms with van der Waals surface area (Å²) >= 11 is 0. The van der Waals surface area contributed by atoms with Crippen LogP contribution in [0.4, 0.5) is 0 Å². The van der Waals surface area contributed by atoms with Crippen molar-refractivity contribution in [3.63, 3.8) is 0 Å². The number of aromatic nitrogens is 2. The summed E-state index contributed by atoms with van der Waals surface area (Å²) in [6.45, 7) is 0. The Kier molecular flexibility index (Phi) is 4.25. The molecule has 23 heavy (non-hydrogen) atoms. The summed E-state index contributed by atoms with van der Waals surface area (Å²) in [5, 5.41) is 3.96. The summed E-state index contributed by atoms with van der Waals surface area (Å²) in [6.07, 6.45) is 1.13. The van der Waals surface area contributed by atoms with Gasteiger partial charge in [0.2, 0.25) is 11.7 Å². The Morgan fingerprint density at radius 3 is 2.70 bits per heavy atom. The van der Waals surface area contributed by atoms with E-state index in [1.165, 1.54) is 0 Å². The predicted molar refractivity (Wildman–Crippen MR) is 83.3 cm³/mol. The van der Waals surface area contributed by atoms with Crippen molar-refractivity contribution in [1.82, 2.24) is 10.1 Å². The Morgan fingerprint density at radius 1 is 1.26 bits per heavy atom. The minimum atomic E-state index is -2.90. The Labute approximate surface area is 134 Å². The Balaban J connectivity index is 1.77. The molecule has 8 heteroatoms. The summed E-state index contributed by atoms with van der Waals surface area (Å²) in [6, 6.07) is 5.36. The molecule has 0 N–H and O–H groups in total. The van der Waals surface area contributed by atoms with E-state index in [1.54, 1.807) is 26.4 Å². The molecule has 124 valence electrons. The van der Waals surface area contributed by atoms with E-state index in [0.29, 0.717) is 36.1 Å². The van der Waals surface area contributed by atoms with Crippen LogP contribution in [0.15, 0.2) is 22.7 Å². The third-order valence-electron chi connectivity index (χ3n) is 3.90. The molecule has 7 nitrogen and oxygen atoms in total. The maximum Gasteiger partial charge on any atom is 0.227 e. The van der Waals surface area contributed by atoms with Gasteiger partial charge in [-0.25, -0.2) is 8.42 Å². The van der Waals surface area contributed by atoms with E-state index in [1.807, 2.05) is 6.07 Å². The maximum absolute atomic E-state index is 11.5. The van der Waals surface area contributed by atoms with E-state index < -0.39 is 9.84 Å². The zero-order chi connectivity index (χ0) is 16.4. The van der Waals surface area contributed by atoms with Crippen LogP contribution < -0.4 is 9.47 Å². The Bertz CT molecular complexity index is 800. The number of hydrogen-bond donors (Lipinski definition) is 0. The molecular weight excluding hydrogens is 320 g/mol. The highest BCUT2D eigenvalue weighted by Crippen LogP contribution is 2.31. The zero-order valence-corrected chi connectivity index (χ0v) is 13.8. The van der Waals surface area contributed by atoms with E-state index >= 15 is 0 Å². The van der Waals surface area contributed by atoms with Crippen LogP contribution in [0, 0.1) is 5.92 Å². The maximum atomic E-state index is 11.5. The first-order valence-corrected chi connectivity index (χ1v) is 9.08. The fourth-order valence-electron chi connectivity index (χ4n) is 2.71. The normalized spacial score (nSPS) is 19.7. The van der Waals surface area contributed by atoms with Crippen LogP contribution in [0.2, 0.25) is 0 Å². The van der Waals surface area contributed by atoms with Crippen molar-refractivity contribution in [2.75, 3.05) is 25.7 Å². The summed E-state index contributed by atoms with van der Waals surface area (Å²) in [5.41, 5.74) is 0.747. The fourth-order valence-corrected chi connectivity index (χ4v) is 4.57. The van der Waals surface area contributed by atoms with Crippen molar-refractivity contribution in [2.24, 2.45) is 5.92 Å². The highest BCUT2D eigenvalue weighted by atomic mass is 32.2. The van der Waals surface area contributed by atoms with E-state index in [4.69, 9.17) is 14.0 Å². The first-order valence-electron chi connectivity index (χ1n) is 7.26. The van der Waals surface area contributed by atoms with Crippen molar-refractivity contribution in [1.29, 1.82) is 0 Å². The lowest BCUT2D eigenvalue weighted by Crippen LogP contribution is -2.07.